The Kier molecular flexibility index (Phi) is 1.54. The highest BCUT2D eigenvalue weighted by atomic mass is 19.3. The summed E-state index contributed by atoms with van der Waals surface area (Å²) in [5.74, 6) is -2.55. The quantitative estimate of drug-likeness (QED) is 0.527. The molecule has 0 unspecified atom stereocenters. The van der Waals surface area contributed by atoms with Gasteiger partial charge in [-0.3, -0.25) is 0 Å². The minimum Gasteiger partial charge on any atom is -0.206 e. The zero-order chi connectivity index (χ0) is 10.0. The van der Waals surface area contributed by atoms with E-state index in [1.54, 1.807) is 27.7 Å². The largest absolute Gasteiger partial charge is 0.259 e. The van der Waals surface area contributed by atoms with Gasteiger partial charge in [-0.15, -0.1) is 0 Å². The van der Waals surface area contributed by atoms with E-state index in [0.29, 0.717) is 0 Å². The Bertz CT molecular complexity index is 148. The van der Waals surface area contributed by atoms with Crippen molar-refractivity contribution in [2.75, 3.05) is 0 Å². The van der Waals surface area contributed by atoms with Crippen LogP contribution in [0.15, 0.2) is 0 Å². The number of hydrogen-bond acceptors (Lipinski definition) is 0. The molecule has 0 N–H and O–H groups in total. The lowest BCUT2D eigenvalue weighted by atomic mass is 9.37. The van der Waals surface area contributed by atoms with Gasteiger partial charge < -0.3 is 0 Å². The van der Waals surface area contributed by atoms with E-state index in [-0.39, 0.29) is 5.41 Å². The minimum absolute atomic E-state index is 0.302. The van der Waals surface area contributed by atoms with Gasteiger partial charge in [0.15, 0.2) is 0 Å². The van der Waals surface area contributed by atoms with E-state index in [4.69, 9.17) is 0 Å². The lowest BCUT2D eigenvalue weighted by molar-refractivity contribution is -0.364. The van der Waals surface area contributed by atoms with E-state index in [9.17, 15) is 8.78 Å². The summed E-state index contributed by atoms with van der Waals surface area (Å²) in [6, 6.07) is 0. The first-order valence-corrected chi connectivity index (χ1v) is 4.38. The zero-order valence-corrected chi connectivity index (χ0v) is 8.76. The van der Waals surface area contributed by atoms with Gasteiger partial charge >= 0.3 is 0 Å². The number of halogens is 2. The molecule has 2 heteroatoms. The van der Waals surface area contributed by atoms with Crippen LogP contribution < -0.4 is 0 Å². The molecule has 1 rings (SSSR count). The van der Waals surface area contributed by atoms with Gasteiger partial charge in [0.05, 0.1) is 0 Å². The van der Waals surface area contributed by atoms with Crippen molar-refractivity contribution in [1.82, 2.24) is 0 Å². The van der Waals surface area contributed by atoms with Gasteiger partial charge in [0, 0.05) is 10.8 Å². The molecule has 1 fully saturated rings. The molecule has 0 bridgehead atoms. The molecule has 1 aliphatic carbocycles. The summed E-state index contributed by atoms with van der Waals surface area (Å²) in [6.07, 6.45) is 0. The Labute approximate surface area is 73.3 Å². The van der Waals surface area contributed by atoms with Crippen LogP contribution in [0.3, 0.4) is 0 Å². The standard InChI is InChI=1S/C10H18F2/c1-7(2)8(3,4)10(11,12)9(7,5)6/h1-6H3. The summed E-state index contributed by atoms with van der Waals surface area (Å²) in [4.78, 5) is 0. The number of rotatable bonds is 0. The van der Waals surface area contributed by atoms with Crippen molar-refractivity contribution in [2.24, 2.45) is 16.2 Å². The summed E-state index contributed by atoms with van der Waals surface area (Å²) in [5.41, 5.74) is -2.07. The third-order valence-electron chi connectivity index (χ3n) is 4.69. The molecular weight excluding hydrogens is 158 g/mol. The van der Waals surface area contributed by atoms with Crippen LogP contribution in [0.1, 0.15) is 41.5 Å². The fraction of sp³-hybridized carbons (Fsp3) is 1.00. The molecule has 0 nitrogen and oxygen atoms in total. The first-order valence-electron chi connectivity index (χ1n) is 4.38. The van der Waals surface area contributed by atoms with Crippen LogP contribution in [-0.2, 0) is 0 Å². The second-order valence-electron chi connectivity index (χ2n) is 5.45. The number of hydrogen-bond donors (Lipinski definition) is 0. The summed E-state index contributed by atoms with van der Waals surface area (Å²) in [5, 5.41) is 0. The van der Waals surface area contributed by atoms with E-state index >= 15 is 0 Å². The molecule has 0 aromatic heterocycles. The van der Waals surface area contributed by atoms with Crippen LogP contribution >= 0.6 is 0 Å². The SMILES string of the molecule is CC1(C)C(C)(C)C(F)(F)C1(C)C. The molecular formula is C10H18F2. The van der Waals surface area contributed by atoms with Gasteiger partial charge in [-0.1, -0.05) is 41.5 Å². The highest BCUT2D eigenvalue weighted by Crippen LogP contribution is 2.75. The molecule has 0 aromatic carbocycles. The van der Waals surface area contributed by atoms with Crippen LogP contribution in [0.2, 0.25) is 0 Å². The predicted molar refractivity (Wildman–Crippen MR) is 46.3 cm³/mol. The fourth-order valence-corrected chi connectivity index (χ4v) is 2.28. The van der Waals surface area contributed by atoms with Gasteiger partial charge in [0.1, 0.15) is 0 Å². The Balaban J connectivity index is 3.16. The molecule has 1 aliphatic rings. The van der Waals surface area contributed by atoms with Crippen molar-refractivity contribution in [3.8, 4) is 0 Å². The highest BCUT2D eigenvalue weighted by Gasteiger charge is 2.78. The summed E-state index contributed by atoms with van der Waals surface area (Å²) >= 11 is 0. The zero-order valence-electron chi connectivity index (χ0n) is 8.76. The summed E-state index contributed by atoms with van der Waals surface area (Å²) in [7, 11) is 0. The molecule has 0 heterocycles. The number of alkyl halides is 2. The maximum atomic E-state index is 13.6. The van der Waals surface area contributed by atoms with Crippen molar-refractivity contribution < 1.29 is 8.78 Å². The van der Waals surface area contributed by atoms with Crippen molar-refractivity contribution in [1.29, 1.82) is 0 Å². The van der Waals surface area contributed by atoms with E-state index in [1.807, 2.05) is 13.8 Å². The lowest BCUT2D eigenvalue weighted by Gasteiger charge is -2.69. The first kappa shape index (κ1) is 9.94. The molecule has 12 heavy (non-hydrogen) atoms. The molecule has 72 valence electrons. The maximum absolute atomic E-state index is 13.6. The van der Waals surface area contributed by atoms with E-state index in [2.05, 4.69) is 0 Å². The molecule has 0 spiro atoms. The van der Waals surface area contributed by atoms with Crippen LogP contribution in [0.5, 0.6) is 0 Å². The van der Waals surface area contributed by atoms with Crippen LogP contribution in [0, 0.1) is 16.2 Å². The third-order valence-corrected chi connectivity index (χ3v) is 4.69. The Morgan fingerprint density at radius 3 is 0.917 bits per heavy atom. The Morgan fingerprint density at radius 1 is 0.583 bits per heavy atom. The lowest BCUT2D eigenvalue weighted by Crippen LogP contribution is -2.73. The smallest absolute Gasteiger partial charge is 0.206 e. The Hall–Kier alpha value is -0.140. The Morgan fingerprint density at radius 2 is 0.833 bits per heavy atom. The second kappa shape index (κ2) is 1.85. The van der Waals surface area contributed by atoms with E-state index in [1.165, 1.54) is 0 Å². The molecule has 1 saturated carbocycles. The van der Waals surface area contributed by atoms with Crippen LogP contribution in [-0.4, -0.2) is 5.92 Å². The molecule has 0 amide bonds. The second-order valence-corrected chi connectivity index (χ2v) is 5.45. The summed E-state index contributed by atoms with van der Waals surface area (Å²) in [6.45, 7) is 10.4. The van der Waals surface area contributed by atoms with Crippen molar-refractivity contribution >= 4 is 0 Å². The molecule has 0 saturated heterocycles. The first-order chi connectivity index (χ1) is 5.00. The van der Waals surface area contributed by atoms with Gasteiger partial charge in [0.25, 0.3) is 5.92 Å². The highest BCUT2D eigenvalue weighted by molar-refractivity contribution is 5.19. The van der Waals surface area contributed by atoms with Crippen molar-refractivity contribution in [3.05, 3.63) is 0 Å². The van der Waals surface area contributed by atoms with Crippen molar-refractivity contribution in [2.45, 2.75) is 47.5 Å². The monoisotopic (exact) mass is 176 g/mol. The third kappa shape index (κ3) is 0.602. The molecule has 0 atom stereocenters. The van der Waals surface area contributed by atoms with Crippen molar-refractivity contribution in [3.63, 3.8) is 0 Å². The van der Waals surface area contributed by atoms with Crippen LogP contribution in [0.25, 0.3) is 0 Å². The fourth-order valence-electron chi connectivity index (χ4n) is 2.28. The van der Waals surface area contributed by atoms with Crippen LogP contribution in [0.4, 0.5) is 8.78 Å². The van der Waals surface area contributed by atoms with Gasteiger partial charge in [-0.2, -0.15) is 0 Å². The predicted octanol–water partition coefficient (Wildman–Crippen LogP) is 3.71. The maximum Gasteiger partial charge on any atom is 0.259 e. The topological polar surface area (TPSA) is 0 Å². The average Bonchev–Trinajstić information content (AvgIpc) is 1.84. The molecule has 0 aromatic rings. The van der Waals surface area contributed by atoms with Gasteiger partial charge in [0.2, 0.25) is 0 Å². The molecule has 0 aliphatic heterocycles. The van der Waals surface area contributed by atoms with E-state index < -0.39 is 16.8 Å². The normalized spacial score (nSPS) is 34.0. The average molecular weight is 176 g/mol. The van der Waals surface area contributed by atoms with Gasteiger partial charge in [-0.25, -0.2) is 8.78 Å². The van der Waals surface area contributed by atoms with E-state index in [0.717, 1.165) is 0 Å². The minimum atomic E-state index is -2.55. The van der Waals surface area contributed by atoms with Gasteiger partial charge in [-0.05, 0) is 5.41 Å². The summed E-state index contributed by atoms with van der Waals surface area (Å²) < 4.78 is 27.2. The molecule has 0 radical (unpaired) electrons.